The van der Waals surface area contributed by atoms with Crippen LogP contribution in [-0.2, 0) is 7.05 Å². The number of H-pyrrole nitrogens is 1. The summed E-state index contributed by atoms with van der Waals surface area (Å²) < 4.78 is 2.17. The highest BCUT2D eigenvalue weighted by molar-refractivity contribution is 9.10. The average molecular weight is 299 g/mol. The average Bonchev–Trinajstić information content (AvgIpc) is 2.71. The fourth-order valence-corrected chi connectivity index (χ4v) is 1.77. The summed E-state index contributed by atoms with van der Waals surface area (Å²) in [6.07, 6.45) is 2.96. The van der Waals surface area contributed by atoms with E-state index in [-0.39, 0.29) is 11.6 Å². The minimum Gasteiger partial charge on any atom is -0.359 e. The topological polar surface area (TPSA) is 88.5 Å². The minimum absolute atomic E-state index is 0.104. The number of aryl methyl sites for hydroxylation is 1. The molecule has 0 saturated carbocycles. The van der Waals surface area contributed by atoms with Crippen LogP contribution in [0.5, 0.6) is 0 Å². The highest BCUT2D eigenvalue weighted by atomic mass is 79.9. The van der Waals surface area contributed by atoms with Crippen LogP contribution in [-0.4, -0.2) is 24.7 Å². The summed E-state index contributed by atoms with van der Waals surface area (Å²) in [6, 6.07) is -0.104. The van der Waals surface area contributed by atoms with Crippen molar-refractivity contribution in [3.05, 3.63) is 33.3 Å². The van der Waals surface area contributed by atoms with Gasteiger partial charge in [0.1, 0.15) is 16.6 Å². The number of rotatable bonds is 3. The number of hydrogen-bond acceptors (Lipinski definition) is 5. The smallest absolute Gasteiger partial charge is 0.267 e. The second-order valence-electron chi connectivity index (χ2n) is 3.56. The molecule has 0 fully saturated rings. The van der Waals surface area contributed by atoms with E-state index in [4.69, 9.17) is 0 Å². The lowest BCUT2D eigenvalue weighted by atomic mass is 10.3. The van der Waals surface area contributed by atoms with Crippen molar-refractivity contribution in [2.24, 2.45) is 7.05 Å². The Labute approximate surface area is 105 Å². The van der Waals surface area contributed by atoms with Crippen molar-refractivity contribution in [3.63, 3.8) is 0 Å². The summed E-state index contributed by atoms with van der Waals surface area (Å²) in [5.74, 6) is 1.24. The second-order valence-corrected chi connectivity index (χ2v) is 4.35. The molecule has 0 spiro atoms. The first-order valence-electron chi connectivity index (χ1n) is 4.93. The van der Waals surface area contributed by atoms with Crippen molar-refractivity contribution in [2.45, 2.75) is 13.0 Å². The normalized spacial score (nSPS) is 12.4. The van der Waals surface area contributed by atoms with Gasteiger partial charge in [-0.05, 0) is 22.9 Å². The molecule has 2 heterocycles. The molecule has 0 bridgehead atoms. The van der Waals surface area contributed by atoms with Gasteiger partial charge in [-0.25, -0.2) is 4.98 Å². The molecule has 0 aliphatic carbocycles. The van der Waals surface area contributed by atoms with Crippen LogP contribution in [0.4, 0.5) is 5.82 Å². The van der Waals surface area contributed by atoms with E-state index in [0.717, 1.165) is 5.82 Å². The van der Waals surface area contributed by atoms with E-state index in [1.807, 2.05) is 14.0 Å². The molecule has 0 radical (unpaired) electrons. The summed E-state index contributed by atoms with van der Waals surface area (Å²) in [4.78, 5) is 17.9. The first kappa shape index (κ1) is 11.8. The molecule has 7 nitrogen and oxygen atoms in total. The van der Waals surface area contributed by atoms with Crippen molar-refractivity contribution in [1.29, 1.82) is 0 Å². The minimum atomic E-state index is -0.229. The van der Waals surface area contributed by atoms with E-state index >= 15 is 0 Å². The lowest BCUT2D eigenvalue weighted by Crippen LogP contribution is -2.16. The van der Waals surface area contributed by atoms with Gasteiger partial charge in [-0.1, -0.05) is 0 Å². The molecular weight excluding hydrogens is 288 g/mol. The number of aromatic nitrogens is 5. The second kappa shape index (κ2) is 4.66. The van der Waals surface area contributed by atoms with Crippen LogP contribution in [0.3, 0.4) is 0 Å². The van der Waals surface area contributed by atoms with Crippen molar-refractivity contribution < 1.29 is 0 Å². The van der Waals surface area contributed by atoms with Crippen LogP contribution in [0.2, 0.25) is 0 Å². The highest BCUT2D eigenvalue weighted by Crippen LogP contribution is 2.19. The van der Waals surface area contributed by atoms with Gasteiger partial charge in [0.05, 0.1) is 12.4 Å². The summed E-state index contributed by atoms with van der Waals surface area (Å²) in [6.45, 7) is 1.92. The summed E-state index contributed by atoms with van der Waals surface area (Å²) >= 11 is 3.18. The monoisotopic (exact) mass is 298 g/mol. The molecule has 2 aromatic heterocycles. The van der Waals surface area contributed by atoms with E-state index in [9.17, 15) is 4.79 Å². The number of anilines is 1. The maximum absolute atomic E-state index is 11.4. The standard InChI is InChI=1S/C9H11BrN6O/c1-5(8-15-13-4-16(8)2)14-7-6(10)9(17)12-3-11-7/h3-5H,1-2H3,(H2,11,12,14,17). The zero-order valence-corrected chi connectivity index (χ0v) is 10.9. The van der Waals surface area contributed by atoms with Crippen molar-refractivity contribution in [3.8, 4) is 0 Å². The Hall–Kier alpha value is -1.70. The van der Waals surface area contributed by atoms with Gasteiger partial charge in [0, 0.05) is 7.05 Å². The molecule has 2 rings (SSSR count). The van der Waals surface area contributed by atoms with Gasteiger partial charge in [0.2, 0.25) is 0 Å². The maximum Gasteiger partial charge on any atom is 0.267 e. The van der Waals surface area contributed by atoms with Gasteiger partial charge in [-0.15, -0.1) is 10.2 Å². The third-order valence-corrected chi connectivity index (χ3v) is 3.02. The Morgan fingerprint density at radius 2 is 2.35 bits per heavy atom. The molecule has 1 unspecified atom stereocenters. The number of hydrogen-bond donors (Lipinski definition) is 2. The number of nitrogens with zero attached hydrogens (tertiary/aromatic N) is 4. The molecule has 1 atom stereocenters. The van der Waals surface area contributed by atoms with Crippen LogP contribution >= 0.6 is 15.9 Å². The SMILES string of the molecule is CC(Nc1nc[nH]c(=O)c1Br)c1nncn1C. The van der Waals surface area contributed by atoms with Gasteiger partial charge in [-0.3, -0.25) is 4.79 Å². The molecule has 2 aromatic rings. The van der Waals surface area contributed by atoms with Crippen LogP contribution in [0.25, 0.3) is 0 Å². The summed E-state index contributed by atoms with van der Waals surface area (Å²) in [5, 5.41) is 10.9. The number of halogens is 1. The van der Waals surface area contributed by atoms with E-state index < -0.39 is 0 Å². The molecule has 0 aliphatic heterocycles. The van der Waals surface area contributed by atoms with Crippen LogP contribution in [0.1, 0.15) is 18.8 Å². The molecule has 0 aliphatic rings. The zero-order valence-electron chi connectivity index (χ0n) is 9.31. The van der Waals surface area contributed by atoms with Crippen LogP contribution < -0.4 is 10.9 Å². The van der Waals surface area contributed by atoms with Gasteiger partial charge in [-0.2, -0.15) is 0 Å². The Balaban J connectivity index is 2.25. The number of aromatic amines is 1. The predicted molar refractivity (Wildman–Crippen MR) is 65.6 cm³/mol. The van der Waals surface area contributed by atoms with E-state index in [0.29, 0.717) is 10.3 Å². The summed E-state index contributed by atoms with van der Waals surface area (Å²) in [7, 11) is 1.85. The largest absolute Gasteiger partial charge is 0.359 e. The fraction of sp³-hybridized carbons (Fsp3) is 0.333. The van der Waals surface area contributed by atoms with Crippen molar-refractivity contribution in [2.75, 3.05) is 5.32 Å². The lowest BCUT2D eigenvalue weighted by Gasteiger charge is -2.13. The third kappa shape index (κ3) is 2.36. The highest BCUT2D eigenvalue weighted by Gasteiger charge is 2.14. The third-order valence-electron chi connectivity index (χ3n) is 2.28. The van der Waals surface area contributed by atoms with Crippen LogP contribution in [0.15, 0.2) is 21.9 Å². The molecule has 0 aromatic carbocycles. The van der Waals surface area contributed by atoms with Gasteiger partial charge in [0.15, 0.2) is 5.82 Å². The molecular formula is C9H11BrN6O. The Morgan fingerprint density at radius 1 is 1.59 bits per heavy atom. The molecule has 0 saturated heterocycles. The molecule has 8 heteroatoms. The Morgan fingerprint density at radius 3 is 3.00 bits per heavy atom. The van der Waals surface area contributed by atoms with E-state index in [1.54, 1.807) is 10.9 Å². The van der Waals surface area contributed by atoms with Gasteiger partial charge >= 0.3 is 0 Å². The van der Waals surface area contributed by atoms with Crippen LogP contribution in [0, 0.1) is 0 Å². The predicted octanol–water partition coefficient (Wildman–Crippen LogP) is 0.834. The molecule has 0 amide bonds. The van der Waals surface area contributed by atoms with E-state index in [1.165, 1.54) is 6.33 Å². The number of nitrogens with one attached hydrogen (secondary N) is 2. The summed E-state index contributed by atoms with van der Waals surface area (Å²) in [5.41, 5.74) is -0.229. The van der Waals surface area contributed by atoms with Gasteiger partial charge in [0.25, 0.3) is 5.56 Å². The lowest BCUT2D eigenvalue weighted by molar-refractivity contribution is 0.715. The van der Waals surface area contributed by atoms with Crippen molar-refractivity contribution >= 4 is 21.7 Å². The zero-order chi connectivity index (χ0) is 12.4. The molecule has 2 N–H and O–H groups in total. The van der Waals surface area contributed by atoms with Gasteiger partial charge < -0.3 is 14.9 Å². The quantitative estimate of drug-likeness (QED) is 0.876. The first-order valence-corrected chi connectivity index (χ1v) is 5.72. The molecule has 90 valence electrons. The Bertz CT molecular complexity index is 577. The fourth-order valence-electron chi connectivity index (χ4n) is 1.44. The molecule has 17 heavy (non-hydrogen) atoms. The van der Waals surface area contributed by atoms with E-state index in [2.05, 4.69) is 41.4 Å². The first-order chi connectivity index (χ1) is 8.09. The van der Waals surface area contributed by atoms with Crippen molar-refractivity contribution in [1.82, 2.24) is 24.7 Å². The Kier molecular flexibility index (Phi) is 3.23. The maximum atomic E-state index is 11.4.